The molecule has 0 radical (unpaired) electrons. The van der Waals surface area contributed by atoms with Crippen LogP contribution in [0.4, 0.5) is 5.69 Å². The number of hydrogen-bond donors (Lipinski definition) is 1. The Morgan fingerprint density at radius 2 is 2.00 bits per heavy atom. The Morgan fingerprint density at radius 1 is 1.35 bits per heavy atom. The molecular weight excluding hydrogens is 296 g/mol. The molecule has 1 saturated heterocycles. The summed E-state index contributed by atoms with van der Waals surface area (Å²) in [5, 5.41) is 0.390. The number of anilines is 1. The van der Waals surface area contributed by atoms with Crippen molar-refractivity contribution < 1.29 is 8.42 Å². The summed E-state index contributed by atoms with van der Waals surface area (Å²) in [7, 11) is -3.52. The Hall–Kier alpha value is -0.780. The van der Waals surface area contributed by atoms with E-state index in [1.54, 1.807) is 17.3 Å². The van der Waals surface area contributed by atoms with Gasteiger partial charge in [-0.05, 0) is 50.3 Å². The second-order valence-electron chi connectivity index (χ2n) is 5.62. The van der Waals surface area contributed by atoms with Gasteiger partial charge in [0.1, 0.15) is 0 Å². The van der Waals surface area contributed by atoms with Crippen molar-refractivity contribution in [3.63, 3.8) is 0 Å². The lowest BCUT2D eigenvalue weighted by Crippen LogP contribution is -2.46. The fourth-order valence-electron chi connectivity index (χ4n) is 2.71. The van der Waals surface area contributed by atoms with Gasteiger partial charge in [-0.1, -0.05) is 18.5 Å². The Kier molecular flexibility index (Phi) is 4.33. The largest absolute Gasteiger partial charge is 0.397 e. The summed E-state index contributed by atoms with van der Waals surface area (Å²) in [6.07, 6.45) is 1.96. The molecule has 2 unspecified atom stereocenters. The van der Waals surface area contributed by atoms with Crippen LogP contribution in [0.5, 0.6) is 0 Å². The highest BCUT2D eigenvalue weighted by Crippen LogP contribution is 2.32. The summed E-state index contributed by atoms with van der Waals surface area (Å²) in [6.45, 7) is 6.37. The number of sulfonamides is 1. The number of hydrogen-bond acceptors (Lipinski definition) is 3. The quantitative estimate of drug-likeness (QED) is 0.853. The van der Waals surface area contributed by atoms with Crippen LogP contribution in [0.2, 0.25) is 5.02 Å². The molecule has 20 heavy (non-hydrogen) atoms. The van der Waals surface area contributed by atoms with E-state index in [2.05, 4.69) is 6.92 Å². The Labute approximate surface area is 126 Å². The second-order valence-corrected chi connectivity index (χ2v) is 7.88. The predicted molar refractivity (Wildman–Crippen MR) is 82.4 cm³/mol. The van der Waals surface area contributed by atoms with E-state index < -0.39 is 10.0 Å². The van der Waals surface area contributed by atoms with Crippen molar-refractivity contribution in [3.8, 4) is 0 Å². The normalized spacial score (nSPS) is 24.8. The summed E-state index contributed by atoms with van der Waals surface area (Å²) in [5.74, 6) is 0.364. The van der Waals surface area contributed by atoms with E-state index >= 15 is 0 Å². The van der Waals surface area contributed by atoms with Crippen LogP contribution in [-0.2, 0) is 10.0 Å². The summed E-state index contributed by atoms with van der Waals surface area (Å²) < 4.78 is 27.3. The van der Waals surface area contributed by atoms with Gasteiger partial charge >= 0.3 is 0 Å². The molecule has 2 rings (SSSR count). The molecule has 112 valence electrons. The minimum absolute atomic E-state index is 0.00468. The zero-order valence-corrected chi connectivity index (χ0v) is 13.6. The van der Waals surface area contributed by atoms with Gasteiger partial charge in [-0.3, -0.25) is 0 Å². The minimum atomic E-state index is -3.52. The third-order valence-corrected chi connectivity index (χ3v) is 6.65. The summed E-state index contributed by atoms with van der Waals surface area (Å²) in [6, 6.07) is 3.09. The van der Waals surface area contributed by atoms with Crippen LogP contribution < -0.4 is 5.73 Å². The number of aryl methyl sites for hydroxylation is 1. The van der Waals surface area contributed by atoms with Crippen LogP contribution in [0.25, 0.3) is 0 Å². The SMILES string of the molecule is Cc1cc(Cl)c(N)cc1S(=O)(=O)N1CCCC(C)C1C. The molecule has 1 fully saturated rings. The first-order valence-corrected chi connectivity index (χ1v) is 8.64. The van der Waals surface area contributed by atoms with Crippen molar-refractivity contribution in [2.45, 2.75) is 44.6 Å². The van der Waals surface area contributed by atoms with Crippen molar-refractivity contribution >= 4 is 27.3 Å². The van der Waals surface area contributed by atoms with Gasteiger partial charge in [0.2, 0.25) is 10.0 Å². The summed E-state index contributed by atoms with van der Waals surface area (Å²) in [4.78, 5) is 0.264. The van der Waals surface area contributed by atoms with Crippen molar-refractivity contribution in [3.05, 3.63) is 22.7 Å². The minimum Gasteiger partial charge on any atom is -0.397 e. The van der Waals surface area contributed by atoms with E-state index in [0.717, 1.165) is 12.8 Å². The smallest absolute Gasteiger partial charge is 0.243 e. The lowest BCUT2D eigenvalue weighted by Gasteiger charge is -2.37. The van der Waals surface area contributed by atoms with Crippen LogP contribution in [-0.4, -0.2) is 25.3 Å². The van der Waals surface area contributed by atoms with E-state index in [0.29, 0.717) is 28.7 Å². The van der Waals surface area contributed by atoms with Gasteiger partial charge in [-0.2, -0.15) is 4.31 Å². The highest BCUT2D eigenvalue weighted by atomic mass is 35.5. The van der Waals surface area contributed by atoms with E-state index in [1.165, 1.54) is 6.07 Å². The molecule has 1 aliphatic heterocycles. The summed E-state index contributed by atoms with van der Waals surface area (Å²) in [5.41, 5.74) is 6.70. The molecule has 0 aliphatic carbocycles. The molecule has 1 aromatic carbocycles. The van der Waals surface area contributed by atoms with Crippen LogP contribution in [0.3, 0.4) is 0 Å². The molecule has 0 aromatic heterocycles. The number of benzene rings is 1. The molecule has 1 aromatic rings. The van der Waals surface area contributed by atoms with Crippen molar-refractivity contribution in [2.24, 2.45) is 5.92 Å². The average Bonchev–Trinajstić information content (AvgIpc) is 2.36. The summed E-state index contributed by atoms with van der Waals surface area (Å²) >= 11 is 5.94. The first-order valence-electron chi connectivity index (χ1n) is 6.82. The lowest BCUT2D eigenvalue weighted by molar-refractivity contribution is 0.202. The number of rotatable bonds is 2. The molecule has 0 spiro atoms. The van der Waals surface area contributed by atoms with E-state index in [4.69, 9.17) is 17.3 Å². The Balaban J connectivity index is 2.47. The highest BCUT2D eigenvalue weighted by Gasteiger charge is 2.35. The fraction of sp³-hybridized carbons (Fsp3) is 0.571. The maximum absolute atomic E-state index is 12.9. The molecule has 0 amide bonds. The van der Waals surface area contributed by atoms with Crippen LogP contribution in [0.1, 0.15) is 32.3 Å². The predicted octanol–water partition coefficient (Wildman–Crippen LogP) is 3.04. The van der Waals surface area contributed by atoms with Gasteiger partial charge in [0.25, 0.3) is 0 Å². The number of halogens is 1. The van der Waals surface area contributed by atoms with Crippen molar-refractivity contribution in [1.29, 1.82) is 0 Å². The maximum Gasteiger partial charge on any atom is 0.243 e. The Morgan fingerprint density at radius 3 is 2.65 bits per heavy atom. The second kappa shape index (κ2) is 5.54. The molecule has 0 saturated carbocycles. The topological polar surface area (TPSA) is 63.4 Å². The molecule has 1 heterocycles. The molecule has 0 bridgehead atoms. The molecule has 2 atom stereocenters. The first-order chi connectivity index (χ1) is 9.25. The molecule has 1 aliphatic rings. The zero-order valence-electron chi connectivity index (χ0n) is 12.1. The zero-order chi connectivity index (χ0) is 15.1. The monoisotopic (exact) mass is 316 g/mol. The number of nitrogens with zero attached hydrogens (tertiary/aromatic N) is 1. The van der Waals surface area contributed by atoms with Gasteiger partial charge in [0.15, 0.2) is 0 Å². The van der Waals surface area contributed by atoms with Gasteiger partial charge < -0.3 is 5.73 Å². The molecule has 2 N–H and O–H groups in total. The van der Waals surface area contributed by atoms with Gasteiger partial charge in [0.05, 0.1) is 15.6 Å². The van der Waals surface area contributed by atoms with E-state index in [-0.39, 0.29) is 10.9 Å². The maximum atomic E-state index is 12.9. The number of nitrogen functional groups attached to an aromatic ring is 1. The highest BCUT2D eigenvalue weighted by molar-refractivity contribution is 7.89. The Bertz CT molecular complexity index is 616. The van der Waals surface area contributed by atoms with Crippen LogP contribution >= 0.6 is 11.6 Å². The third-order valence-electron chi connectivity index (χ3n) is 4.20. The standard InChI is InChI=1S/C14H21ClN2O2S/c1-9-5-4-6-17(11(9)3)20(18,19)14-8-13(16)12(15)7-10(14)2/h7-9,11H,4-6,16H2,1-3H3. The lowest BCUT2D eigenvalue weighted by atomic mass is 9.94. The van der Waals surface area contributed by atoms with Gasteiger partial charge in [-0.15, -0.1) is 0 Å². The first kappa shape index (κ1) is 15.6. The molecular formula is C14H21ClN2O2S. The van der Waals surface area contributed by atoms with Crippen molar-refractivity contribution in [1.82, 2.24) is 4.31 Å². The van der Waals surface area contributed by atoms with Gasteiger partial charge in [0, 0.05) is 12.6 Å². The number of nitrogens with two attached hydrogens (primary N) is 1. The third kappa shape index (κ3) is 2.67. The van der Waals surface area contributed by atoms with E-state index in [1.807, 2.05) is 6.92 Å². The fourth-order valence-corrected chi connectivity index (χ4v) is 4.94. The van der Waals surface area contributed by atoms with Crippen LogP contribution in [0.15, 0.2) is 17.0 Å². The van der Waals surface area contributed by atoms with Crippen LogP contribution in [0, 0.1) is 12.8 Å². The van der Waals surface area contributed by atoms with E-state index in [9.17, 15) is 8.42 Å². The molecule has 4 nitrogen and oxygen atoms in total. The van der Waals surface area contributed by atoms with Crippen molar-refractivity contribution in [2.75, 3.05) is 12.3 Å². The number of piperidine rings is 1. The van der Waals surface area contributed by atoms with Gasteiger partial charge in [-0.25, -0.2) is 8.42 Å². The average molecular weight is 317 g/mol. The molecule has 6 heteroatoms.